The highest BCUT2D eigenvalue weighted by Gasteiger charge is 2.09. The molecule has 0 spiro atoms. The van der Waals surface area contributed by atoms with Gasteiger partial charge in [-0.2, -0.15) is 0 Å². The van der Waals surface area contributed by atoms with E-state index in [9.17, 15) is 4.79 Å². The number of carboxylic acids is 1. The minimum Gasteiger partial charge on any atom is -0.478 e. The first-order chi connectivity index (χ1) is 8.97. The van der Waals surface area contributed by atoms with Gasteiger partial charge in [0.15, 0.2) is 0 Å². The number of aromatic carboxylic acids is 1. The third kappa shape index (κ3) is 3.03. The Labute approximate surface area is 116 Å². The molecule has 0 saturated carbocycles. The van der Waals surface area contributed by atoms with E-state index in [4.69, 9.17) is 16.7 Å². The van der Waals surface area contributed by atoms with Gasteiger partial charge in [0.2, 0.25) is 0 Å². The molecule has 0 aliphatic carbocycles. The van der Waals surface area contributed by atoms with Crippen LogP contribution in [0.3, 0.4) is 0 Å². The number of aromatic nitrogens is 1. The highest BCUT2D eigenvalue weighted by atomic mass is 35.5. The summed E-state index contributed by atoms with van der Waals surface area (Å²) in [5.74, 6) is -0.615. The van der Waals surface area contributed by atoms with Gasteiger partial charge in [-0.1, -0.05) is 29.8 Å². The number of carbonyl (C=O) groups is 1. The Morgan fingerprint density at radius 1 is 1.26 bits per heavy atom. The molecule has 0 amide bonds. The molecule has 0 bridgehead atoms. The molecule has 5 heteroatoms. The number of benzene rings is 1. The fraction of sp³-hybridized carbons (Fsp3) is 0.143. The smallest absolute Gasteiger partial charge is 0.335 e. The zero-order valence-corrected chi connectivity index (χ0v) is 11.3. The van der Waals surface area contributed by atoms with Gasteiger partial charge in [0.05, 0.1) is 5.56 Å². The summed E-state index contributed by atoms with van der Waals surface area (Å²) in [5, 5.41) is 12.3. The molecular weight excluding hydrogens is 264 g/mol. The first kappa shape index (κ1) is 13.4. The van der Waals surface area contributed by atoms with Crippen LogP contribution in [0.5, 0.6) is 0 Å². The van der Waals surface area contributed by atoms with E-state index in [1.807, 2.05) is 32.0 Å². The quantitative estimate of drug-likeness (QED) is 0.837. The molecule has 0 fully saturated rings. The normalized spacial score (nSPS) is 10.3. The second kappa shape index (κ2) is 5.28. The van der Waals surface area contributed by atoms with Gasteiger partial charge in [-0.25, -0.2) is 9.78 Å². The number of anilines is 2. The summed E-state index contributed by atoms with van der Waals surface area (Å²) in [5.41, 5.74) is 3.12. The Morgan fingerprint density at radius 3 is 2.47 bits per heavy atom. The lowest BCUT2D eigenvalue weighted by molar-refractivity contribution is 0.0697. The van der Waals surface area contributed by atoms with Crippen molar-refractivity contribution in [2.75, 3.05) is 5.32 Å². The Bertz CT molecular complexity index is 621. The zero-order valence-electron chi connectivity index (χ0n) is 10.6. The minimum absolute atomic E-state index is 0.105. The van der Waals surface area contributed by atoms with Crippen molar-refractivity contribution >= 4 is 29.1 Å². The molecule has 1 heterocycles. The average molecular weight is 277 g/mol. The Kier molecular flexibility index (Phi) is 3.71. The number of carboxylic acid groups (broad SMARTS) is 1. The molecule has 98 valence electrons. The molecule has 2 rings (SSSR count). The summed E-state index contributed by atoms with van der Waals surface area (Å²) < 4.78 is 0. The molecular formula is C14H13ClN2O2. The number of pyridine rings is 1. The van der Waals surface area contributed by atoms with Gasteiger partial charge in [0.1, 0.15) is 11.0 Å². The van der Waals surface area contributed by atoms with Gasteiger partial charge in [0, 0.05) is 5.69 Å². The van der Waals surface area contributed by atoms with Crippen molar-refractivity contribution in [3.05, 3.63) is 52.2 Å². The molecule has 0 unspecified atom stereocenters. The summed E-state index contributed by atoms with van der Waals surface area (Å²) in [6.07, 6.45) is 0. The van der Waals surface area contributed by atoms with Crippen LogP contribution in [0.4, 0.5) is 11.5 Å². The van der Waals surface area contributed by atoms with Crippen molar-refractivity contribution in [1.29, 1.82) is 0 Å². The number of hydrogen-bond acceptors (Lipinski definition) is 3. The SMILES string of the molecule is Cc1cccc(C)c1Nc1cc(C(=O)O)cc(Cl)n1. The molecule has 0 atom stereocenters. The van der Waals surface area contributed by atoms with Crippen LogP contribution in [-0.4, -0.2) is 16.1 Å². The van der Waals surface area contributed by atoms with Gasteiger partial charge in [-0.3, -0.25) is 0 Å². The second-order valence-corrected chi connectivity index (χ2v) is 4.65. The minimum atomic E-state index is -1.03. The van der Waals surface area contributed by atoms with Crippen LogP contribution in [0.2, 0.25) is 5.15 Å². The summed E-state index contributed by atoms with van der Waals surface area (Å²) >= 11 is 5.83. The van der Waals surface area contributed by atoms with Crippen molar-refractivity contribution in [1.82, 2.24) is 4.98 Å². The lowest BCUT2D eigenvalue weighted by Gasteiger charge is -2.12. The molecule has 1 aromatic carbocycles. The van der Waals surface area contributed by atoms with E-state index in [0.717, 1.165) is 16.8 Å². The number of rotatable bonds is 3. The zero-order chi connectivity index (χ0) is 14.0. The topological polar surface area (TPSA) is 62.2 Å². The van der Waals surface area contributed by atoms with E-state index in [1.165, 1.54) is 12.1 Å². The third-order valence-corrected chi connectivity index (χ3v) is 2.97. The van der Waals surface area contributed by atoms with E-state index >= 15 is 0 Å². The lowest BCUT2D eigenvalue weighted by atomic mass is 10.1. The first-order valence-corrected chi connectivity index (χ1v) is 6.09. The second-order valence-electron chi connectivity index (χ2n) is 4.26. The van der Waals surface area contributed by atoms with Crippen LogP contribution < -0.4 is 5.32 Å². The predicted molar refractivity (Wildman–Crippen MR) is 75.4 cm³/mol. The lowest BCUT2D eigenvalue weighted by Crippen LogP contribution is -2.02. The molecule has 0 aliphatic rings. The van der Waals surface area contributed by atoms with Crippen LogP contribution in [0, 0.1) is 13.8 Å². The summed E-state index contributed by atoms with van der Waals surface area (Å²) in [7, 11) is 0. The summed E-state index contributed by atoms with van der Waals surface area (Å²) in [6.45, 7) is 3.94. The monoisotopic (exact) mass is 276 g/mol. The van der Waals surface area contributed by atoms with Crippen molar-refractivity contribution in [2.45, 2.75) is 13.8 Å². The average Bonchev–Trinajstić information content (AvgIpc) is 2.33. The van der Waals surface area contributed by atoms with Crippen molar-refractivity contribution in [2.24, 2.45) is 0 Å². The van der Waals surface area contributed by atoms with Crippen LogP contribution >= 0.6 is 11.6 Å². The molecule has 19 heavy (non-hydrogen) atoms. The summed E-state index contributed by atoms with van der Waals surface area (Å²) in [6, 6.07) is 8.68. The molecule has 0 saturated heterocycles. The number of nitrogens with one attached hydrogen (secondary N) is 1. The maximum Gasteiger partial charge on any atom is 0.335 e. The van der Waals surface area contributed by atoms with E-state index in [0.29, 0.717) is 5.82 Å². The van der Waals surface area contributed by atoms with Crippen molar-refractivity contribution < 1.29 is 9.90 Å². The largest absolute Gasteiger partial charge is 0.478 e. The van der Waals surface area contributed by atoms with E-state index < -0.39 is 5.97 Å². The fourth-order valence-electron chi connectivity index (χ4n) is 1.82. The third-order valence-electron chi connectivity index (χ3n) is 2.78. The van der Waals surface area contributed by atoms with Gasteiger partial charge in [0.25, 0.3) is 0 Å². The number of hydrogen-bond donors (Lipinski definition) is 2. The fourth-order valence-corrected chi connectivity index (χ4v) is 2.03. The van der Waals surface area contributed by atoms with E-state index in [-0.39, 0.29) is 10.7 Å². The van der Waals surface area contributed by atoms with Crippen LogP contribution in [0.1, 0.15) is 21.5 Å². The maximum atomic E-state index is 11.0. The molecule has 4 nitrogen and oxygen atoms in total. The van der Waals surface area contributed by atoms with Crippen molar-refractivity contribution in [3.63, 3.8) is 0 Å². The number of para-hydroxylation sites is 1. The van der Waals surface area contributed by atoms with Crippen LogP contribution in [0.25, 0.3) is 0 Å². The van der Waals surface area contributed by atoms with E-state index in [2.05, 4.69) is 10.3 Å². The van der Waals surface area contributed by atoms with Crippen LogP contribution in [-0.2, 0) is 0 Å². The van der Waals surface area contributed by atoms with Gasteiger partial charge in [-0.05, 0) is 37.1 Å². The molecule has 2 N–H and O–H groups in total. The number of nitrogens with zero attached hydrogens (tertiary/aromatic N) is 1. The standard InChI is InChI=1S/C14H13ClN2O2/c1-8-4-3-5-9(2)13(8)17-12-7-10(14(18)19)6-11(15)16-12/h3-7H,1-2H3,(H,16,17)(H,18,19). The van der Waals surface area contributed by atoms with Crippen LogP contribution in [0.15, 0.2) is 30.3 Å². The number of halogens is 1. The number of aryl methyl sites for hydroxylation is 2. The van der Waals surface area contributed by atoms with E-state index in [1.54, 1.807) is 0 Å². The molecule has 0 aliphatic heterocycles. The molecule has 2 aromatic rings. The predicted octanol–water partition coefficient (Wildman–Crippen LogP) is 3.79. The maximum absolute atomic E-state index is 11.0. The van der Waals surface area contributed by atoms with Crippen molar-refractivity contribution in [3.8, 4) is 0 Å². The Morgan fingerprint density at radius 2 is 1.89 bits per heavy atom. The Balaban J connectivity index is 2.41. The highest BCUT2D eigenvalue weighted by molar-refractivity contribution is 6.29. The highest BCUT2D eigenvalue weighted by Crippen LogP contribution is 2.24. The summed E-state index contributed by atoms with van der Waals surface area (Å²) in [4.78, 5) is 15.1. The van der Waals surface area contributed by atoms with Gasteiger partial charge in [-0.15, -0.1) is 0 Å². The van der Waals surface area contributed by atoms with Gasteiger partial charge >= 0.3 is 5.97 Å². The Hall–Kier alpha value is -2.07. The van der Waals surface area contributed by atoms with Gasteiger partial charge < -0.3 is 10.4 Å². The molecule has 1 aromatic heterocycles. The molecule has 0 radical (unpaired) electrons. The first-order valence-electron chi connectivity index (χ1n) is 5.71.